The summed E-state index contributed by atoms with van der Waals surface area (Å²) in [7, 11) is 0. The van der Waals surface area contributed by atoms with Crippen molar-refractivity contribution in [3.05, 3.63) is 36.0 Å². The summed E-state index contributed by atoms with van der Waals surface area (Å²) in [6.07, 6.45) is 1.44. The predicted molar refractivity (Wildman–Crippen MR) is 67.7 cm³/mol. The van der Waals surface area contributed by atoms with Gasteiger partial charge < -0.3 is 9.84 Å². The van der Waals surface area contributed by atoms with Crippen LogP contribution >= 0.6 is 22.6 Å². The average Bonchev–Trinajstić information content (AvgIpc) is 2.28. The molecular weight excluding hydrogens is 321 g/mol. The molecule has 0 saturated heterocycles. The fraction of sp³-hybridized carbons (Fsp3) is 0.0909. The summed E-state index contributed by atoms with van der Waals surface area (Å²) in [6.45, 7) is 0. The van der Waals surface area contributed by atoms with Gasteiger partial charge >= 0.3 is 5.97 Å². The summed E-state index contributed by atoms with van der Waals surface area (Å²) >= 11 is 1.96. The number of rotatable bonds is 2. The van der Waals surface area contributed by atoms with Gasteiger partial charge in [-0.05, 0) is 40.8 Å². The number of nitrogens with zero attached hydrogens (tertiary/aromatic N) is 1. The Hall–Kier alpha value is -1.37. The number of pyridine rings is 1. The Balaban J connectivity index is 2.44. The van der Waals surface area contributed by atoms with E-state index in [-0.39, 0.29) is 5.75 Å². The van der Waals surface area contributed by atoms with Gasteiger partial charge in [-0.25, -0.2) is 4.79 Å². The van der Waals surface area contributed by atoms with Crippen LogP contribution in [0, 0.1) is 0 Å². The maximum absolute atomic E-state index is 11.4. The van der Waals surface area contributed by atoms with Gasteiger partial charge in [-0.15, -0.1) is 0 Å². The standard InChI is InChI=1S/C11H8INO3/c12-6-16-11(15)8-3-7-1-2-9(14)4-10(7)13-5-8/h1-5,14H,6H2. The molecule has 0 aliphatic carbocycles. The molecule has 0 aliphatic rings. The number of carbonyl (C=O) groups excluding carboxylic acids is 1. The van der Waals surface area contributed by atoms with Crippen LogP contribution in [0.2, 0.25) is 0 Å². The van der Waals surface area contributed by atoms with Crippen molar-refractivity contribution in [1.29, 1.82) is 0 Å². The van der Waals surface area contributed by atoms with Crippen molar-refractivity contribution in [2.75, 3.05) is 4.61 Å². The van der Waals surface area contributed by atoms with E-state index in [4.69, 9.17) is 4.74 Å². The maximum Gasteiger partial charge on any atom is 0.340 e. The van der Waals surface area contributed by atoms with Gasteiger partial charge in [0, 0.05) is 17.6 Å². The lowest BCUT2D eigenvalue weighted by molar-refractivity contribution is 0.0590. The van der Waals surface area contributed by atoms with Crippen LogP contribution in [0.25, 0.3) is 10.9 Å². The fourth-order valence-electron chi connectivity index (χ4n) is 1.35. The zero-order chi connectivity index (χ0) is 11.5. The lowest BCUT2D eigenvalue weighted by Gasteiger charge is -2.02. The first-order valence-corrected chi connectivity index (χ1v) is 6.05. The second-order valence-corrected chi connectivity index (χ2v) is 3.76. The number of aromatic hydroxyl groups is 1. The van der Waals surface area contributed by atoms with E-state index in [0.29, 0.717) is 15.7 Å². The Bertz CT molecular complexity index is 542. The van der Waals surface area contributed by atoms with Crippen LogP contribution in [-0.4, -0.2) is 20.7 Å². The third-order valence-corrected chi connectivity index (χ3v) is 2.40. The third kappa shape index (κ3) is 2.24. The average molecular weight is 329 g/mol. The maximum atomic E-state index is 11.4. The highest BCUT2D eigenvalue weighted by atomic mass is 127. The van der Waals surface area contributed by atoms with Gasteiger partial charge in [-0.3, -0.25) is 4.98 Å². The third-order valence-electron chi connectivity index (χ3n) is 2.09. The zero-order valence-corrected chi connectivity index (χ0v) is 10.3. The molecule has 0 spiro atoms. The minimum atomic E-state index is -0.392. The monoisotopic (exact) mass is 329 g/mol. The lowest BCUT2D eigenvalue weighted by atomic mass is 10.1. The number of carbonyl (C=O) groups is 1. The van der Waals surface area contributed by atoms with Crippen LogP contribution in [0.1, 0.15) is 10.4 Å². The van der Waals surface area contributed by atoms with Crippen molar-refractivity contribution in [2.45, 2.75) is 0 Å². The number of phenols is 1. The Morgan fingerprint density at radius 2 is 2.25 bits per heavy atom. The van der Waals surface area contributed by atoms with E-state index < -0.39 is 5.97 Å². The topological polar surface area (TPSA) is 59.4 Å². The quantitative estimate of drug-likeness (QED) is 0.522. The van der Waals surface area contributed by atoms with Crippen LogP contribution in [0.5, 0.6) is 5.75 Å². The molecule has 0 amide bonds. The SMILES string of the molecule is O=C(OCI)c1cnc2cc(O)ccc2c1. The molecule has 1 aromatic heterocycles. The van der Waals surface area contributed by atoms with Gasteiger partial charge in [0.05, 0.1) is 11.1 Å². The van der Waals surface area contributed by atoms with Gasteiger partial charge in [-0.1, -0.05) is 0 Å². The van der Waals surface area contributed by atoms with Crippen LogP contribution in [0.4, 0.5) is 0 Å². The Labute approximate surface area is 105 Å². The molecule has 0 saturated carbocycles. The number of halogens is 1. The second kappa shape index (κ2) is 4.65. The summed E-state index contributed by atoms with van der Waals surface area (Å²) < 4.78 is 5.17. The summed E-state index contributed by atoms with van der Waals surface area (Å²) in [4.78, 5) is 15.5. The number of hydrogen-bond acceptors (Lipinski definition) is 4. The van der Waals surface area contributed by atoms with Crippen molar-refractivity contribution >= 4 is 39.5 Å². The summed E-state index contributed by atoms with van der Waals surface area (Å²) in [5, 5.41) is 10.1. The summed E-state index contributed by atoms with van der Waals surface area (Å²) in [6, 6.07) is 6.50. The number of phenolic OH excluding ortho intramolecular Hbond substituents is 1. The molecule has 0 radical (unpaired) electrons. The van der Waals surface area contributed by atoms with Crippen molar-refractivity contribution in [3.8, 4) is 5.75 Å². The van der Waals surface area contributed by atoms with Gasteiger partial charge in [0.1, 0.15) is 10.4 Å². The summed E-state index contributed by atoms with van der Waals surface area (Å²) in [5.41, 5.74) is 1.06. The molecule has 16 heavy (non-hydrogen) atoms. The van der Waals surface area contributed by atoms with Crippen LogP contribution in [-0.2, 0) is 4.74 Å². The van der Waals surface area contributed by atoms with Gasteiger partial charge in [0.25, 0.3) is 0 Å². The van der Waals surface area contributed by atoms with Gasteiger partial charge in [-0.2, -0.15) is 0 Å². The minimum Gasteiger partial charge on any atom is -0.508 e. The van der Waals surface area contributed by atoms with E-state index in [9.17, 15) is 9.90 Å². The van der Waals surface area contributed by atoms with Crippen molar-refractivity contribution in [3.63, 3.8) is 0 Å². The number of esters is 1. The van der Waals surface area contributed by atoms with Crippen molar-refractivity contribution in [2.24, 2.45) is 0 Å². The van der Waals surface area contributed by atoms with E-state index in [2.05, 4.69) is 4.98 Å². The van der Waals surface area contributed by atoms with Gasteiger partial charge in [0.2, 0.25) is 0 Å². The highest BCUT2D eigenvalue weighted by Gasteiger charge is 2.08. The highest BCUT2D eigenvalue weighted by molar-refractivity contribution is 14.1. The molecule has 0 unspecified atom stereocenters. The van der Waals surface area contributed by atoms with Crippen LogP contribution < -0.4 is 0 Å². The molecule has 2 rings (SSSR count). The molecule has 4 nitrogen and oxygen atoms in total. The van der Waals surface area contributed by atoms with Crippen molar-refractivity contribution in [1.82, 2.24) is 4.98 Å². The predicted octanol–water partition coefficient (Wildman–Crippen LogP) is 2.49. The molecule has 0 aliphatic heterocycles. The number of hydrogen-bond donors (Lipinski definition) is 1. The van der Waals surface area contributed by atoms with E-state index >= 15 is 0 Å². The largest absolute Gasteiger partial charge is 0.508 e. The molecule has 0 bridgehead atoms. The molecule has 1 heterocycles. The van der Waals surface area contributed by atoms with Crippen LogP contribution in [0.3, 0.4) is 0 Å². The van der Waals surface area contributed by atoms with E-state index in [0.717, 1.165) is 5.39 Å². The number of alkyl halides is 1. The van der Waals surface area contributed by atoms with Crippen molar-refractivity contribution < 1.29 is 14.6 Å². The highest BCUT2D eigenvalue weighted by Crippen LogP contribution is 2.19. The fourth-order valence-corrected chi connectivity index (χ4v) is 1.64. The number of benzene rings is 1. The number of aromatic nitrogens is 1. The molecule has 0 fully saturated rings. The Morgan fingerprint density at radius 1 is 1.44 bits per heavy atom. The molecule has 0 atom stereocenters. The molecule has 1 N–H and O–H groups in total. The molecule has 2 aromatic rings. The summed E-state index contributed by atoms with van der Waals surface area (Å²) in [5.74, 6) is -0.237. The lowest BCUT2D eigenvalue weighted by Crippen LogP contribution is -2.03. The van der Waals surface area contributed by atoms with Gasteiger partial charge in [0.15, 0.2) is 0 Å². The zero-order valence-electron chi connectivity index (χ0n) is 8.18. The first-order chi connectivity index (χ1) is 7.70. The number of ether oxygens (including phenoxy) is 1. The van der Waals surface area contributed by atoms with E-state index in [1.165, 1.54) is 6.20 Å². The van der Waals surface area contributed by atoms with Crippen LogP contribution in [0.15, 0.2) is 30.5 Å². The molecule has 1 aromatic carbocycles. The molecule has 5 heteroatoms. The second-order valence-electron chi connectivity index (χ2n) is 3.14. The molecule has 82 valence electrons. The Morgan fingerprint density at radius 3 is 3.00 bits per heavy atom. The number of fused-ring (bicyclic) bond motifs is 1. The normalized spacial score (nSPS) is 10.3. The first-order valence-electron chi connectivity index (χ1n) is 4.52. The molecular formula is C11H8INO3. The smallest absolute Gasteiger partial charge is 0.340 e. The first kappa shape index (κ1) is 11.1. The van der Waals surface area contributed by atoms with E-state index in [1.807, 2.05) is 22.6 Å². The Kier molecular flexibility index (Phi) is 3.23. The van der Waals surface area contributed by atoms with E-state index in [1.54, 1.807) is 24.3 Å². The minimum absolute atomic E-state index is 0.155.